The molecule has 0 atom stereocenters. The van der Waals surface area contributed by atoms with E-state index in [1.807, 2.05) is 54.3 Å². The zero-order valence-corrected chi connectivity index (χ0v) is 14.3. The third-order valence-electron chi connectivity index (χ3n) is 4.07. The van der Waals surface area contributed by atoms with Crippen LogP contribution in [0.3, 0.4) is 0 Å². The molecule has 2 aromatic carbocycles. The van der Waals surface area contributed by atoms with Crippen LogP contribution in [0.4, 0.5) is 0 Å². The standard InChI is InChI=1S/C21H21N3O/c1-2-24(15-14-17-8-4-3-5-9-17)21(25)13-12-18-16-22-19-10-6-7-11-20(19)23-18/h3-13,16H,2,14-15H2,1H3/b13-12+. The van der Waals surface area contributed by atoms with Crippen LogP contribution in [0.2, 0.25) is 0 Å². The molecule has 0 spiro atoms. The molecule has 4 heteroatoms. The van der Waals surface area contributed by atoms with Crippen LogP contribution in [0.25, 0.3) is 17.1 Å². The van der Waals surface area contributed by atoms with Crippen LogP contribution >= 0.6 is 0 Å². The van der Waals surface area contributed by atoms with Crippen molar-refractivity contribution in [3.8, 4) is 0 Å². The van der Waals surface area contributed by atoms with Crippen LogP contribution in [0.5, 0.6) is 0 Å². The molecule has 4 nitrogen and oxygen atoms in total. The Morgan fingerprint density at radius 1 is 1.04 bits per heavy atom. The summed E-state index contributed by atoms with van der Waals surface area (Å²) in [5, 5.41) is 0. The van der Waals surface area contributed by atoms with Crippen LogP contribution in [-0.4, -0.2) is 33.9 Å². The highest BCUT2D eigenvalue weighted by Gasteiger charge is 2.08. The number of likely N-dealkylation sites (N-methyl/N-ethyl adjacent to an activating group) is 1. The fraction of sp³-hybridized carbons (Fsp3) is 0.190. The van der Waals surface area contributed by atoms with Gasteiger partial charge in [-0.1, -0.05) is 42.5 Å². The maximum absolute atomic E-state index is 12.4. The van der Waals surface area contributed by atoms with Crippen molar-refractivity contribution in [3.05, 3.63) is 78.1 Å². The first-order chi connectivity index (χ1) is 12.3. The largest absolute Gasteiger partial charge is 0.339 e. The van der Waals surface area contributed by atoms with Crippen molar-refractivity contribution < 1.29 is 4.79 Å². The number of para-hydroxylation sites is 2. The molecule has 1 aromatic heterocycles. The van der Waals surface area contributed by atoms with Gasteiger partial charge >= 0.3 is 0 Å². The topological polar surface area (TPSA) is 46.1 Å². The van der Waals surface area contributed by atoms with Crippen LogP contribution in [0.15, 0.2) is 66.9 Å². The lowest BCUT2D eigenvalue weighted by molar-refractivity contribution is -0.125. The van der Waals surface area contributed by atoms with Crippen LogP contribution in [0, 0.1) is 0 Å². The first-order valence-electron chi connectivity index (χ1n) is 8.49. The van der Waals surface area contributed by atoms with Crippen molar-refractivity contribution in [2.75, 3.05) is 13.1 Å². The Morgan fingerprint density at radius 2 is 1.76 bits per heavy atom. The van der Waals surface area contributed by atoms with E-state index in [0.29, 0.717) is 18.8 Å². The Kier molecular flexibility index (Phi) is 5.52. The second kappa shape index (κ2) is 8.20. The quantitative estimate of drug-likeness (QED) is 0.647. The van der Waals surface area contributed by atoms with E-state index in [2.05, 4.69) is 22.1 Å². The number of carbonyl (C=O) groups excluding carboxylic acids is 1. The minimum atomic E-state index is -0.00612. The van der Waals surface area contributed by atoms with Gasteiger partial charge in [0.25, 0.3) is 0 Å². The van der Waals surface area contributed by atoms with Crippen molar-refractivity contribution in [1.29, 1.82) is 0 Å². The van der Waals surface area contributed by atoms with Gasteiger partial charge in [0, 0.05) is 19.2 Å². The molecule has 0 fully saturated rings. The molecule has 1 heterocycles. The zero-order valence-electron chi connectivity index (χ0n) is 14.3. The average Bonchev–Trinajstić information content (AvgIpc) is 2.67. The molecule has 1 amide bonds. The SMILES string of the molecule is CCN(CCc1ccccc1)C(=O)/C=C/c1cnc2ccccc2n1. The van der Waals surface area contributed by atoms with Gasteiger partial charge in [-0.25, -0.2) is 4.98 Å². The molecule has 0 radical (unpaired) electrons. The fourth-order valence-corrected chi connectivity index (χ4v) is 2.65. The molecule has 0 aliphatic heterocycles. The fourth-order valence-electron chi connectivity index (χ4n) is 2.65. The number of fused-ring (bicyclic) bond motifs is 1. The van der Waals surface area contributed by atoms with Gasteiger partial charge in [0.1, 0.15) is 0 Å². The normalized spacial score (nSPS) is 11.1. The Balaban J connectivity index is 1.64. The van der Waals surface area contributed by atoms with Gasteiger partial charge in [-0.3, -0.25) is 9.78 Å². The van der Waals surface area contributed by atoms with Crippen LogP contribution in [-0.2, 0) is 11.2 Å². The van der Waals surface area contributed by atoms with Crippen molar-refractivity contribution in [2.45, 2.75) is 13.3 Å². The summed E-state index contributed by atoms with van der Waals surface area (Å²) in [5.74, 6) is -0.00612. The number of rotatable bonds is 6. The number of carbonyl (C=O) groups is 1. The maximum Gasteiger partial charge on any atom is 0.246 e. The molecule has 0 aliphatic rings. The lowest BCUT2D eigenvalue weighted by atomic mass is 10.1. The van der Waals surface area contributed by atoms with E-state index in [1.165, 1.54) is 5.56 Å². The van der Waals surface area contributed by atoms with Gasteiger partial charge in [-0.15, -0.1) is 0 Å². The van der Waals surface area contributed by atoms with Gasteiger partial charge in [-0.05, 0) is 37.1 Å². The lowest BCUT2D eigenvalue weighted by Crippen LogP contribution is -2.31. The van der Waals surface area contributed by atoms with E-state index >= 15 is 0 Å². The summed E-state index contributed by atoms with van der Waals surface area (Å²) in [4.78, 5) is 23.1. The number of hydrogen-bond acceptors (Lipinski definition) is 3. The van der Waals surface area contributed by atoms with Crippen LogP contribution in [0.1, 0.15) is 18.2 Å². The van der Waals surface area contributed by atoms with Crippen molar-refractivity contribution in [1.82, 2.24) is 14.9 Å². The number of hydrogen-bond donors (Lipinski definition) is 0. The Labute approximate surface area is 147 Å². The number of amides is 1. The molecular weight excluding hydrogens is 310 g/mol. The number of benzene rings is 2. The summed E-state index contributed by atoms with van der Waals surface area (Å²) in [6.07, 6.45) is 5.84. The average molecular weight is 331 g/mol. The molecule has 0 saturated heterocycles. The summed E-state index contributed by atoms with van der Waals surface area (Å²) < 4.78 is 0. The number of aromatic nitrogens is 2. The highest BCUT2D eigenvalue weighted by molar-refractivity contribution is 5.91. The monoisotopic (exact) mass is 331 g/mol. The molecule has 126 valence electrons. The van der Waals surface area contributed by atoms with Gasteiger partial charge in [-0.2, -0.15) is 0 Å². The lowest BCUT2D eigenvalue weighted by Gasteiger charge is -2.19. The van der Waals surface area contributed by atoms with Crippen molar-refractivity contribution in [2.24, 2.45) is 0 Å². The molecule has 0 N–H and O–H groups in total. The molecule has 0 aliphatic carbocycles. The maximum atomic E-state index is 12.4. The molecule has 0 bridgehead atoms. The van der Waals surface area contributed by atoms with Gasteiger partial charge in [0.2, 0.25) is 5.91 Å². The minimum absolute atomic E-state index is 0.00612. The third kappa shape index (κ3) is 4.51. The van der Waals surface area contributed by atoms with E-state index in [9.17, 15) is 4.79 Å². The Morgan fingerprint density at radius 3 is 2.52 bits per heavy atom. The molecule has 3 aromatic rings. The minimum Gasteiger partial charge on any atom is -0.339 e. The summed E-state index contributed by atoms with van der Waals surface area (Å²) in [6, 6.07) is 17.9. The second-order valence-corrected chi connectivity index (χ2v) is 5.77. The summed E-state index contributed by atoms with van der Waals surface area (Å²) in [6.45, 7) is 3.37. The van der Waals surface area contributed by atoms with Crippen LogP contribution < -0.4 is 0 Å². The predicted molar refractivity (Wildman–Crippen MR) is 101 cm³/mol. The van der Waals surface area contributed by atoms with Gasteiger partial charge in [0.15, 0.2) is 0 Å². The molecule has 25 heavy (non-hydrogen) atoms. The summed E-state index contributed by atoms with van der Waals surface area (Å²) in [5.41, 5.74) is 3.60. The summed E-state index contributed by atoms with van der Waals surface area (Å²) in [7, 11) is 0. The van der Waals surface area contributed by atoms with Gasteiger partial charge < -0.3 is 4.90 Å². The zero-order chi connectivity index (χ0) is 17.5. The Bertz CT molecular complexity index is 874. The van der Waals surface area contributed by atoms with E-state index < -0.39 is 0 Å². The van der Waals surface area contributed by atoms with Gasteiger partial charge in [0.05, 0.1) is 22.9 Å². The molecule has 3 rings (SSSR count). The van der Waals surface area contributed by atoms with Crippen molar-refractivity contribution in [3.63, 3.8) is 0 Å². The highest BCUT2D eigenvalue weighted by Crippen LogP contribution is 2.09. The molecular formula is C21H21N3O. The van der Waals surface area contributed by atoms with E-state index in [-0.39, 0.29) is 5.91 Å². The van der Waals surface area contributed by atoms with E-state index in [0.717, 1.165) is 17.5 Å². The number of nitrogens with zero attached hydrogens (tertiary/aromatic N) is 3. The second-order valence-electron chi connectivity index (χ2n) is 5.77. The Hall–Kier alpha value is -3.01. The smallest absolute Gasteiger partial charge is 0.246 e. The molecule has 0 saturated carbocycles. The molecule has 0 unspecified atom stereocenters. The first kappa shape index (κ1) is 16.8. The highest BCUT2D eigenvalue weighted by atomic mass is 16.2. The van der Waals surface area contributed by atoms with Crippen molar-refractivity contribution >= 4 is 23.0 Å². The first-order valence-corrected chi connectivity index (χ1v) is 8.49. The van der Waals surface area contributed by atoms with E-state index in [4.69, 9.17) is 0 Å². The predicted octanol–water partition coefficient (Wildman–Crippen LogP) is 3.73. The van der Waals surface area contributed by atoms with E-state index in [1.54, 1.807) is 18.3 Å². The summed E-state index contributed by atoms with van der Waals surface area (Å²) >= 11 is 0. The third-order valence-corrected chi connectivity index (χ3v) is 4.07.